The van der Waals surface area contributed by atoms with Gasteiger partial charge >= 0.3 is 0 Å². The third kappa shape index (κ3) is 5.29. The van der Waals surface area contributed by atoms with Crippen molar-refractivity contribution in [2.45, 2.75) is 12.8 Å². The number of likely N-dealkylation sites (tertiary alicyclic amines) is 1. The molecule has 1 saturated heterocycles. The maximum Gasteiger partial charge on any atom is 0.238 e. The number of piperidine rings is 1. The van der Waals surface area contributed by atoms with Crippen LogP contribution in [0, 0.1) is 5.92 Å². The fraction of sp³-hybridized carbons (Fsp3) is 0.500. The smallest absolute Gasteiger partial charge is 0.238 e. The Balaban J connectivity index is 0.00000200. The van der Waals surface area contributed by atoms with Gasteiger partial charge in [-0.1, -0.05) is 17.7 Å². The van der Waals surface area contributed by atoms with E-state index in [2.05, 4.69) is 10.2 Å². The Morgan fingerprint density at radius 3 is 2.70 bits per heavy atom. The average Bonchev–Trinajstić information content (AvgIpc) is 2.39. The van der Waals surface area contributed by atoms with Crippen LogP contribution in [0.1, 0.15) is 12.8 Å². The van der Waals surface area contributed by atoms with Crippen molar-refractivity contribution in [1.82, 2.24) is 4.90 Å². The lowest BCUT2D eigenvalue weighted by Crippen LogP contribution is -2.40. The topological polar surface area (TPSA) is 58.4 Å². The Bertz CT molecular complexity index is 434. The van der Waals surface area contributed by atoms with Crippen LogP contribution < -0.4 is 11.1 Å². The molecule has 1 aromatic carbocycles. The van der Waals surface area contributed by atoms with E-state index >= 15 is 0 Å². The predicted molar refractivity (Wildman–Crippen MR) is 85.5 cm³/mol. The van der Waals surface area contributed by atoms with Crippen molar-refractivity contribution in [3.05, 3.63) is 29.3 Å². The Labute approximate surface area is 131 Å². The van der Waals surface area contributed by atoms with Crippen molar-refractivity contribution in [3.63, 3.8) is 0 Å². The van der Waals surface area contributed by atoms with Gasteiger partial charge in [0.2, 0.25) is 5.91 Å². The van der Waals surface area contributed by atoms with Gasteiger partial charge in [-0.05, 0) is 56.6 Å². The van der Waals surface area contributed by atoms with E-state index in [0.29, 0.717) is 17.5 Å². The van der Waals surface area contributed by atoms with Crippen LogP contribution in [-0.2, 0) is 4.79 Å². The van der Waals surface area contributed by atoms with Crippen LogP contribution in [0.2, 0.25) is 5.02 Å². The van der Waals surface area contributed by atoms with E-state index in [1.165, 1.54) is 0 Å². The summed E-state index contributed by atoms with van der Waals surface area (Å²) in [6, 6.07) is 7.20. The number of carbonyl (C=O) groups is 1. The second-order valence-electron chi connectivity index (χ2n) is 5.01. The predicted octanol–water partition coefficient (Wildman–Crippen LogP) is 2.37. The highest BCUT2D eigenvalue weighted by Gasteiger charge is 2.19. The van der Waals surface area contributed by atoms with Crippen LogP contribution in [-0.4, -0.2) is 37.0 Å². The maximum atomic E-state index is 11.9. The van der Waals surface area contributed by atoms with Crippen molar-refractivity contribution < 1.29 is 4.79 Å². The van der Waals surface area contributed by atoms with E-state index in [0.717, 1.165) is 38.2 Å². The van der Waals surface area contributed by atoms with Gasteiger partial charge in [-0.15, -0.1) is 12.4 Å². The van der Waals surface area contributed by atoms with E-state index in [4.69, 9.17) is 17.3 Å². The zero-order valence-electron chi connectivity index (χ0n) is 11.3. The maximum absolute atomic E-state index is 11.9. The molecule has 0 aliphatic carbocycles. The lowest BCUT2D eigenvalue weighted by Gasteiger charge is -2.30. The summed E-state index contributed by atoms with van der Waals surface area (Å²) < 4.78 is 0. The number of nitrogens with one attached hydrogen (secondary N) is 1. The summed E-state index contributed by atoms with van der Waals surface area (Å²) >= 11 is 5.88. The molecular formula is C14H21Cl2N3O. The van der Waals surface area contributed by atoms with E-state index < -0.39 is 0 Å². The fourth-order valence-electron chi connectivity index (χ4n) is 2.35. The van der Waals surface area contributed by atoms with Gasteiger partial charge in [0.1, 0.15) is 0 Å². The van der Waals surface area contributed by atoms with Gasteiger partial charge in [0, 0.05) is 10.7 Å². The van der Waals surface area contributed by atoms with Gasteiger partial charge in [0.25, 0.3) is 0 Å². The molecule has 112 valence electrons. The average molecular weight is 318 g/mol. The third-order valence-corrected chi connectivity index (χ3v) is 3.75. The summed E-state index contributed by atoms with van der Waals surface area (Å²) in [5.41, 5.74) is 6.40. The molecule has 0 spiro atoms. The van der Waals surface area contributed by atoms with Crippen molar-refractivity contribution in [3.8, 4) is 0 Å². The highest BCUT2D eigenvalue weighted by molar-refractivity contribution is 6.30. The molecular weight excluding hydrogens is 297 g/mol. The number of benzene rings is 1. The molecule has 1 heterocycles. The van der Waals surface area contributed by atoms with E-state index in [9.17, 15) is 4.79 Å². The Kier molecular flexibility index (Phi) is 7.30. The molecule has 2 rings (SSSR count). The van der Waals surface area contributed by atoms with Crippen molar-refractivity contribution in [2.75, 3.05) is 31.5 Å². The van der Waals surface area contributed by atoms with Gasteiger partial charge in [-0.3, -0.25) is 9.69 Å². The zero-order chi connectivity index (χ0) is 13.7. The molecule has 1 aromatic rings. The third-order valence-electron chi connectivity index (χ3n) is 3.52. The molecule has 0 saturated carbocycles. The van der Waals surface area contributed by atoms with Crippen LogP contribution in [0.25, 0.3) is 0 Å². The van der Waals surface area contributed by atoms with Gasteiger partial charge < -0.3 is 11.1 Å². The van der Waals surface area contributed by atoms with Crippen molar-refractivity contribution in [2.24, 2.45) is 11.7 Å². The van der Waals surface area contributed by atoms with Gasteiger partial charge in [0.05, 0.1) is 6.54 Å². The summed E-state index contributed by atoms with van der Waals surface area (Å²) in [5, 5.41) is 3.49. The van der Waals surface area contributed by atoms with E-state index in [-0.39, 0.29) is 18.3 Å². The minimum atomic E-state index is 0. The van der Waals surface area contributed by atoms with Crippen LogP contribution in [0.15, 0.2) is 24.3 Å². The minimum Gasteiger partial charge on any atom is -0.330 e. The normalized spacial score (nSPS) is 16.5. The molecule has 0 radical (unpaired) electrons. The largest absolute Gasteiger partial charge is 0.330 e. The Morgan fingerprint density at radius 1 is 1.40 bits per heavy atom. The molecule has 0 aromatic heterocycles. The first-order valence-electron chi connectivity index (χ1n) is 6.65. The quantitative estimate of drug-likeness (QED) is 0.896. The monoisotopic (exact) mass is 317 g/mol. The molecule has 0 unspecified atom stereocenters. The molecule has 6 heteroatoms. The highest BCUT2D eigenvalue weighted by atomic mass is 35.5. The number of hydrogen-bond acceptors (Lipinski definition) is 3. The summed E-state index contributed by atoms with van der Waals surface area (Å²) in [6.07, 6.45) is 2.17. The molecule has 0 atom stereocenters. The number of carbonyl (C=O) groups excluding carboxylic acids is 1. The van der Waals surface area contributed by atoms with Crippen LogP contribution in [0.5, 0.6) is 0 Å². The van der Waals surface area contributed by atoms with Crippen LogP contribution in [0.4, 0.5) is 5.69 Å². The first-order valence-corrected chi connectivity index (χ1v) is 7.03. The lowest BCUT2D eigenvalue weighted by molar-refractivity contribution is -0.117. The fourth-order valence-corrected chi connectivity index (χ4v) is 2.54. The summed E-state index contributed by atoms with van der Waals surface area (Å²) in [5.74, 6) is 0.626. The minimum absolute atomic E-state index is 0. The van der Waals surface area contributed by atoms with Gasteiger partial charge in [0.15, 0.2) is 0 Å². The number of amides is 1. The molecule has 0 bridgehead atoms. The summed E-state index contributed by atoms with van der Waals surface area (Å²) in [6.45, 7) is 3.09. The van der Waals surface area contributed by atoms with E-state index in [1.54, 1.807) is 12.1 Å². The standard InChI is InChI=1S/C14H20ClN3O.ClH/c15-12-2-1-3-13(8-12)17-14(19)10-18-6-4-11(9-16)5-7-18;/h1-3,8,11H,4-7,9-10,16H2,(H,17,19);1H. The highest BCUT2D eigenvalue weighted by Crippen LogP contribution is 2.17. The molecule has 1 fully saturated rings. The lowest BCUT2D eigenvalue weighted by atomic mass is 9.97. The SMILES string of the molecule is Cl.NCC1CCN(CC(=O)Nc2cccc(Cl)c2)CC1. The second-order valence-corrected chi connectivity index (χ2v) is 5.45. The van der Waals surface area contributed by atoms with Crippen molar-refractivity contribution in [1.29, 1.82) is 0 Å². The van der Waals surface area contributed by atoms with E-state index in [1.807, 2.05) is 12.1 Å². The zero-order valence-corrected chi connectivity index (χ0v) is 12.9. The van der Waals surface area contributed by atoms with Crippen molar-refractivity contribution >= 4 is 35.6 Å². The Morgan fingerprint density at radius 2 is 2.10 bits per heavy atom. The molecule has 1 amide bonds. The second kappa shape index (κ2) is 8.47. The van der Waals surface area contributed by atoms with Crippen LogP contribution >= 0.6 is 24.0 Å². The number of nitrogens with two attached hydrogens (primary N) is 1. The summed E-state index contributed by atoms with van der Waals surface area (Å²) in [4.78, 5) is 14.1. The number of anilines is 1. The first-order chi connectivity index (χ1) is 9.17. The van der Waals surface area contributed by atoms with Gasteiger partial charge in [-0.25, -0.2) is 0 Å². The first kappa shape index (κ1) is 17.2. The van der Waals surface area contributed by atoms with Crippen LogP contribution in [0.3, 0.4) is 0 Å². The number of rotatable bonds is 4. The molecule has 1 aliphatic heterocycles. The summed E-state index contributed by atoms with van der Waals surface area (Å²) in [7, 11) is 0. The van der Waals surface area contributed by atoms with Gasteiger partial charge in [-0.2, -0.15) is 0 Å². The number of hydrogen-bond donors (Lipinski definition) is 2. The molecule has 20 heavy (non-hydrogen) atoms. The molecule has 3 N–H and O–H groups in total. The molecule has 4 nitrogen and oxygen atoms in total. The number of nitrogens with zero attached hydrogens (tertiary/aromatic N) is 1. The number of halogens is 2. The molecule has 1 aliphatic rings. The Hall–Kier alpha value is -0.810.